The fourth-order valence-corrected chi connectivity index (χ4v) is 2.97. The van der Waals surface area contributed by atoms with Gasteiger partial charge in [0.05, 0.1) is 5.52 Å². The minimum Gasteiger partial charge on any atom is -0.505 e. The van der Waals surface area contributed by atoms with Gasteiger partial charge in [0.1, 0.15) is 11.3 Å². The number of carbonyl (C=O) groups is 2. The van der Waals surface area contributed by atoms with Gasteiger partial charge in [0.25, 0.3) is 5.56 Å². The minimum absolute atomic E-state index is 0.0239. The zero-order valence-corrected chi connectivity index (χ0v) is 14.5. The molecule has 3 aromatic rings. The number of Topliss-reactive ketones (excluding diaryl/α,β-unsaturated/α-hetero) is 1. The van der Waals surface area contributed by atoms with Gasteiger partial charge < -0.3 is 14.8 Å². The topological polar surface area (TPSA) is 109 Å². The van der Waals surface area contributed by atoms with E-state index in [1.165, 1.54) is 32.3 Å². The third-order valence-corrected chi connectivity index (χ3v) is 4.32. The molecule has 8 heteroatoms. The number of carbonyl (C=O) groups excluding carboxylic acids is 1. The average Bonchev–Trinajstić information content (AvgIpc) is 2.61. The Morgan fingerprint density at radius 1 is 1.26 bits per heavy atom. The lowest BCUT2D eigenvalue weighted by atomic mass is 9.98. The van der Waals surface area contributed by atoms with Gasteiger partial charge in [0.15, 0.2) is 17.1 Å². The summed E-state index contributed by atoms with van der Waals surface area (Å²) in [6.45, 7) is 1.34. The van der Waals surface area contributed by atoms with E-state index in [0.29, 0.717) is 11.1 Å². The molecule has 138 valence electrons. The molecular weight excluding hydrogens is 355 g/mol. The first-order valence-corrected chi connectivity index (χ1v) is 7.94. The van der Waals surface area contributed by atoms with Gasteiger partial charge >= 0.3 is 5.97 Å². The molecule has 0 amide bonds. The average molecular weight is 370 g/mol. The van der Waals surface area contributed by atoms with Crippen molar-refractivity contribution in [3.8, 4) is 5.75 Å². The lowest BCUT2D eigenvalue weighted by Gasteiger charge is -2.11. The van der Waals surface area contributed by atoms with Gasteiger partial charge in [-0.2, -0.15) is 0 Å². The predicted octanol–water partition coefficient (Wildman–Crippen LogP) is 2.27. The van der Waals surface area contributed by atoms with Gasteiger partial charge in [-0.05, 0) is 42.7 Å². The predicted molar refractivity (Wildman–Crippen MR) is 94.8 cm³/mol. The Balaban J connectivity index is 2.15. The molecule has 0 unspecified atom stereocenters. The van der Waals surface area contributed by atoms with Crippen LogP contribution in [-0.4, -0.2) is 31.5 Å². The summed E-state index contributed by atoms with van der Waals surface area (Å²) in [5.74, 6) is -3.04. The van der Waals surface area contributed by atoms with Crippen LogP contribution in [0.1, 0.15) is 38.8 Å². The lowest BCUT2D eigenvalue weighted by Crippen LogP contribution is -2.25. The van der Waals surface area contributed by atoms with Crippen LogP contribution in [0, 0.1) is 5.82 Å². The van der Waals surface area contributed by atoms with E-state index in [1.54, 1.807) is 6.07 Å². The van der Waals surface area contributed by atoms with Crippen molar-refractivity contribution in [1.29, 1.82) is 0 Å². The van der Waals surface area contributed by atoms with Crippen LogP contribution in [0.5, 0.6) is 5.75 Å². The highest BCUT2D eigenvalue weighted by molar-refractivity contribution is 5.97. The Hall–Kier alpha value is -3.55. The maximum Gasteiger partial charge on any atom is 0.345 e. The van der Waals surface area contributed by atoms with Gasteiger partial charge in [-0.15, -0.1) is 0 Å². The van der Waals surface area contributed by atoms with Crippen molar-refractivity contribution in [1.82, 2.24) is 9.55 Å². The van der Waals surface area contributed by atoms with Crippen molar-refractivity contribution >= 4 is 22.8 Å². The molecule has 0 atom stereocenters. The molecule has 2 N–H and O–H groups in total. The number of hydrogen-bond donors (Lipinski definition) is 2. The van der Waals surface area contributed by atoms with Crippen LogP contribution in [0.3, 0.4) is 0 Å². The third kappa shape index (κ3) is 3.17. The number of ketones is 1. The number of carboxylic acids is 1. The van der Waals surface area contributed by atoms with Gasteiger partial charge in [-0.3, -0.25) is 14.6 Å². The minimum atomic E-state index is -1.54. The van der Waals surface area contributed by atoms with E-state index in [2.05, 4.69) is 4.98 Å². The molecule has 0 aliphatic heterocycles. The Kier molecular flexibility index (Phi) is 4.49. The second-order valence-electron chi connectivity index (χ2n) is 6.14. The molecule has 0 bridgehead atoms. The van der Waals surface area contributed by atoms with Crippen LogP contribution in [0.15, 0.2) is 35.3 Å². The van der Waals surface area contributed by atoms with E-state index in [0.717, 1.165) is 10.6 Å². The largest absolute Gasteiger partial charge is 0.505 e. The third-order valence-electron chi connectivity index (χ3n) is 4.32. The fourth-order valence-electron chi connectivity index (χ4n) is 2.97. The zero-order chi connectivity index (χ0) is 19.9. The van der Waals surface area contributed by atoms with E-state index in [9.17, 15) is 23.9 Å². The molecule has 0 fully saturated rings. The summed E-state index contributed by atoms with van der Waals surface area (Å²) in [5, 5.41) is 19.2. The van der Waals surface area contributed by atoms with Crippen molar-refractivity contribution < 1.29 is 24.2 Å². The molecule has 2 heterocycles. The van der Waals surface area contributed by atoms with Gasteiger partial charge in [-0.1, -0.05) is 6.07 Å². The Morgan fingerprint density at radius 3 is 2.59 bits per heavy atom. The summed E-state index contributed by atoms with van der Waals surface area (Å²) >= 11 is 0. The number of halogens is 1. The van der Waals surface area contributed by atoms with Crippen LogP contribution >= 0.6 is 0 Å². The number of carboxylic acid groups (broad SMARTS) is 1. The van der Waals surface area contributed by atoms with E-state index in [1.807, 2.05) is 0 Å². The second kappa shape index (κ2) is 6.64. The van der Waals surface area contributed by atoms with Gasteiger partial charge in [0, 0.05) is 18.8 Å². The van der Waals surface area contributed by atoms with Crippen LogP contribution in [0.25, 0.3) is 11.0 Å². The van der Waals surface area contributed by atoms with Crippen LogP contribution < -0.4 is 5.56 Å². The molecule has 0 spiro atoms. The number of pyridine rings is 2. The maximum atomic E-state index is 13.4. The molecule has 0 aliphatic rings. The zero-order valence-electron chi connectivity index (χ0n) is 14.5. The second-order valence-corrected chi connectivity index (χ2v) is 6.14. The van der Waals surface area contributed by atoms with E-state index in [4.69, 9.17) is 5.11 Å². The van der Waals surface area contributed by atoms with E-state index in [-0.39, 0.29) is 28.8 Å². The standard InChI is InChI=1S/C19H15FN2O5/c1-9(23)13-7-12(20)4-3-11(13)5-10-6-14-16(21-8-10)17(24)15(19(26)27)18(25)22(14)2/h3-4,6-8,24H,5H2,1-2H3,(H,26,27). The lowest BCUT2D eigenvalue weighted by molar-refractivity contribution is 0.0691. The summed E-state index contributed by atoms with van der Waals surface area (Å²) in [7, 11) is 1.38. The maximum absolute atomic E-state index is 13.4. The molecule has 0 saturated heterocycles. The van der Waals surface area contributed by atoms with Crippen LogP contribution in [-0.2, 0) is 13.5 Å². The van der Waals surface area contributed by atoms with E-state index < -0.39 is 28.7 Å². The SMILES string of the molecule is CC(=O)c1cc(F)ccc1Cc1cnc2c(O)c(C(=O)O)c(=O)n(C)c2c1. The molecule has 7 nitrogen and oxygen atoms in total. The van der Waals surface area contributed by atoms with Gasteiger partial charge in [0.2, 0.25) is 0 Å². The number of fused-ring (bicyclic) bond motifs is 1. The Labute approximate surface area is 152 Å². The molecule has 0 radical (unpaired) electrons. The molecule has 3 rings (SSSR count). The number of rotatable bonds is 4. The fraction of sp³-hybridized carbons (Fsp3) is 0.158. The highest BCUT2D eigenvalue weighted by Crippen LogP contribution is 2.26. The smallest absolute Gasteiger partial charge is 0.345 e. The van der Waals surface area contributed by atoms with Crippen molar-refractivity contribution in [3.63, 3.8) is 0 Å². The number of aryl methyl sites for hydroxylation is 1. The van der Waals surface area contributed by atoms with Gasteiger partial charge in [-0.25, -0.2) is 9.18 Å². The normalized spacial score (nSPS) is 10.9. The molecule has 1 aromatic carbocycles. The van der Waals surface area contributed by atoms with E-state index >= 15 is 0 Å². The Morgan fingerprint density at radius 2 is 1.96 bits per heavy atom. The molecule has 27 heavy (non-hydrogen) atoms. The molecular formula is C19H15FN2O5. The first kappa shape index (κ1) is 18.2. The summed E-state index contributed by atoms with van der Waals surface area (Å²) < 4.78 is 14.5. The molecule has 2 aromatic heterocycles. The van der Waals surface area contributed by atoms with Crippen molar-refractivity contribution in [2.45, 2.75) is 13.3 Å². The monoisotopic (exact) mass is 370 g/mol. The number of aromatic carboxylic acids is 1. The van der Waals surface area contributed by atoms with Crippen molar-refractivity contribution in [2.24, 2.45) is 7.05 Å². The molecule has 0 aliphatic carbocycles. The molecule has 0 saturated carbocycles. The number of nitrogens with zero attached hydrogens (tertiary/aromatic N) is 2. The van der Waals surface area contributed by atoms with Crippen LogP contribution in [0.2, 0.25) is 0 Å². The highest BCUT2D eigenvalue weighted by Gasteiger charge is 2.21. The Bertz CT molecular complexity index is 1170. The summed E-state index contributed by atoms with van der Waals surface area (Å²) in [6.07, 6.45) is 1.65. The summed E-state index contributed by atoms with van der Waals surface area (Å²) in [6, 6.07) is 5.48. The first-order chi connectivity index (χ1) is 12.7. The quantitative estimate of drug-likeness (QED) is 0.682. The first-order valence-electron chi connectivity index (χ1n) is 7.94. The number of benzene rings is 1. The van der Waals surface area contributed by atoms with Crippen molar-refractivity contribution in [3.05, 3.63) is 68.9 Å². The summed E-state index contributed by atoms with van der Waals surface area (Å²) in [5.41, 5.74) is 0.0412. The van der Waals surface area contributed by atoms with Crippen LogP contribution in [0.4, 0.5) is 4.39 Å². The number of aromatic nitrogens is 2. The summed E-state index contributed by atoms with van der Waals surface area (Å²) in [4.78, 5) is 39.2. The highest BCUT2D eigenvalue weighted by atomic mass is 19.1. The number of hydrogen-bond acceptors (Lipinski definition) is 5. The van der Waals surface area contributed by atoms with Crippen molar-refractivity contribution in [2.75, 3.05) is 0 Å². The number of aromatic hydroxyl groups is 1.